The molecule has 0 saturated heterocycles. The Morgan fingerprint density at radius 3 is 2.94 bits per heavy atom. The highest BCUT2D eigenvalue weighted by atomic mass is 16.5. The number of hydrogen-bond donors (Lipinski definition) is 1. The summed E-state index contributed by atoms with van der Waals surface area (Å²) in [6.07, 6.45) is 1.68. The Morgan fingerprint density at radius 1 is 1.59 bits per heavy atom. The van der Waals surface area contributed by atoms with Gasteiger partial charge in [0.1, 0.15) is 5.69 Å². The number of hydrogen-bond acceptors (Lipinski definition) is 4. The number of aromatic amines is 1. The maximum Gasteiger partial charge on any atom is 0.358 e. The van der Waals surface area contributed by atoms with Gasteiger partial charge in [0, 0.05) is 18.9 Å². The van der Waals surface area contributed by atoms with Gasteiger partial charge in [-0.3, -0.25) is 4.68 Å². The Hall–Kier alpha value is -2.11. The van der Waals surface area contributed by atoms with Gasteiger partial charge in [-0.25, -0.2) is 9.78 Å². The molecule has 2 aromatic rings. The SMILES string of the molecule is CCOC(=O)c1nc(-c2ccnn2C)[nH]c1C. The summed E-state index contributed by atoms with van der Waals surface area (Å²) in [5.74, 6) is 0.209. The van der Waals surface area contributed by atoms with Crippen molar-refractivity contribution in [1.82, 2.24) is 19.7 Å². The van der Waals surface area contributed by atoms with Crippen molar-refractivity contribution in [3.63, 3.8) is 0 Å². The molecule has 2 aromatic heterocycles. The zero-order valence-electron chi connectivity index (χ0n) is 10.0. The first-order valence-electron chi connectivity index (χ1n) is 5.35. The molecule has 0 atom stereocenters. The summed E-state index contributed by atoms with van der Waals surface area (Å²) in [7, 11) is 1.82. The van der Waals surface area contributed by atoms with E-state index in [0.29, 0.717) is 23.8 Å². The monoisotopic (exact) mass is 234 g/mol. The fraction of sp³-hybridized carbons (Fsp3) is 0.364. The summed E-state index contributed by atoms with van der Waals surface area (Å²) in [6.45, 7) is 3.90. The number of aryl methyl sites for hydroxylation is 2. The molecular weight excluding hydrogens is 220 g/mol. The van der Waals surface area contributed by atoms with Crippen molar-refractivity contribution in [3.8, 4) is 11.5 Å². The van der Waals surface area contributed by atoms with E-state index < -0.39 is 5.97 Å². The summed E-state index contributed by atoms with van der Waals surface area (Å²) in [5.41, 5.74) is 1.84. The Kier molecular flexibility index (Phi) is 2.95. The molecule has 0 aliphatic rings. The van der Waals surface area contributed by atoms with Gasteiger partial charge in [-0.15, -0.1) is 0 Å². The predicted molar refractivity (Wildman–Crippen MR) is 61.5 cm³/mol. The summed E-state index contributed by atoms with van der Waals surface area (Å²) in [5, 5.41) is 4.05. The molecule has 0 saturated carbocycles. The van der Waals surface area contributed by atoms with Crippen molar-refractivity contribution >= 4 is 5.97 Å². The minimum absolute atomic E-state index is 0.322. The maximum atomic E-state index is 11.6. The van der Waals surface area contributed by atoms with E-state index >= 15 is 0 Å². The molecule has 0 radical (unpaired) electrons. The minimum atomic E-state index is -0.408. The first kappa shape index (κ1) is 11.4. The summed E-state index contributed by atoms with van der Waals surface area (Å²) < 4.78 is 6.61. The molecule has 0 aliphatic carbocycles. The second kappa shape index (κ2) is 4.40. The molecule has 0 unspecified atom stereocenters. The van der Waals surface area contributed by atoms with Crippen LogP contribution in [-0.2, 0) is 11.8 Å². The lowest BCUT2D eigenvalue weighted by molar-refractivity contribution is 0.0519. The van der Waals surface area contributed by atoms with E-state index in [1.165, 1.54) is 0 Å². The number of nitrogens with one attached hydrogen (secondary N) is 1. The number of ether oxygens (including phenoxy) is 1. The molecule has 1 N–H and O–H groups in total. The van der Waals surface area contributed by atoms with Crippen LogP contribution in [0.2, 0.25) is 0 Å². The average Bonchev–Trinajstić information content (AvgIpc) is 2.84. The molecule has 0 spiro atoms. The molecule has 2 heterocycles. The third-order valence-corrected chi connectivity index (χ3v) is 2.42. The quantitative estimate of drug-likeness (QED) is 0.812. The van der Waals surface area contributed by atoms with Gasteiger partial charge in [-0.1, -0.05) is 0 Å². The number of aromatic nitrogens is 4. The molecule has 17 heavy (non-hydrogen) atoms. The number of imidazole rings is 1. The lowest BCUT2D eigenvalue weighted by atomic mass is 10.3. The number of nitrogens with zero attached hydrogens (tertiary/aromatic N) is 3. The van der Waals surface area contributed by atoms with Gasteiger partial charge in [0.15, 0.2) is 11.5 Å². The van der Waals surface area contributed by atoms with Crippen molar-refractivity contribution < 1.29 is 9.53 Å². The van der Waals surface area contributed by atoms with Crippen molar-refractivity contribution in [3.05, 3.63) is 23.7 Å². The van der Waals surface area contributed by atoms with E-state index in [0.717, 1.165) is 5.69 Å². The van der Waals surface area contributed by atoms with Crippen LogP contribution in [0.4, 0.5) is 0 Å². The van der Waals surface area contributed by atoms with Crippen LogP contribution >= 0.6 is 0 Å². The molecule has 6 heteroatoms. The topological polar surface area (TPSA) is 72.8 Å². The summed E-state index contributed by atoms with van der Waals surface area (Å²) >= 11 is 0. The number of esters is 1. The first-order valence-corrected chi connectivity index (χ1v) is 5.35. The van der Waals surface area contributed by atoms with Crippen LogP contribution in [0.3, 0.4) is 0 Å². The molecule has 0 aliphatic heterocycles. The molecule has 6 nitrogen and oxygen atoms in total. The van der Waals surface area contributed by atoms with E-state index in [1.54, 1.807) is 24.7 Å². The highest BCUT2D eigenvalue weighted by Crippen LogP contribution is 2.17. The van der Waals surface area contributed by atoms with E-state index in [4.69, 9.17) is 4.74 Å². The number of carbonyl (C=O) groups excluding carboxylic acids is 1. The molecule has 0 bridgehead atoms. The van der Waals surface area contributed by atoms with Crippen LogP contribution in [0.5, 0.6) is 0 Å². The van der Waals surface area contributed by atoms with E-state index in [2.05, 4.69) is 15.1 Å². The fourth-order valence-electron chi connectivity index (χ4n) is 1.59. The standard InChI is InChI=1S/C11H14N4O2/c1-4-17-11(16)9-7(2)13-10(14-9)8-5-6-12-15(8)3/h5-6H,4H2,1-3H3,(H,13,14). The highest BCUT2D eigenvalue weighted by Gasteiger charge is 2.17. The number of carbonyl (C=O) groups is 1. The third kappa shape index (κ3) is 2.06. The van der Waals surface area contributed by atoms with Crippen molar-refractivity contribution in [2.24, 2.45) is 7.05 Å². The van der Waals surface area contributed by atoms with E-state index in [-0.39, 0.29) is 0 Å². The molecule has 0 aromatic carbocycles. The van der Waals surface area contributed by atoms with Gasteiger partial charge in [-0.05, 0) is 19.9 Å². The van der Waals surface area contributed by atoms with Gasteiger partial charge in [-0.2, -0.15) is 5.10 Å². The fourth-order valence-corrected chi connectivity index (χ4v) is 1.59. The maximum absolute atomic E-state index is 11.6. The second-order valence-electron chi connectivity index (χ2n) is 3.62. The Morgan fingerprint density at radius 2 is 2.35 bits per heavy atom. The van der Waals surface area contributed by atoms with Gasteiger partial charge in [0.25, 0.3) is 0 Å². The lowest BCUT2D eigenvalue weighted by Gasteiger charge is -1.97. The normalized spacial score (nSPS) is 10.5. The van der Waals surface area contributed by atoms with Gasteiger partial charge in [0.2, 0.25) is 0 Å². The number of H-pyrrole nitrogens is 1. The Labute approximate surface area is 98.6 Å². The molecule has 90 valence electrons. The summed E-state index contributed by atoms with van der Waals surface area (Å²) in [6, 6.07) is 1.83. The van der Waals surface area contributed by atoms with E-state index in [9.17, 15) is 4.79 Å². The largest absolute Gasteiger partial charge is 0.461 e. The van der Waals surface area contributed by atoms with Crippen molar-refractivity contribution in [2.45, 2.75) is 13.8 Å². The Balaban J connectivity index is 2.37. The van der Waals surface area contributed by atoms with Crippen LogP contribution in [0.1, 0.15) is 23.1 Å². The first-order chi connectivity index (χ1) is 8.13. The van der Waals surface area contributed by atoms with Crippen LogP contribution in [0.25, 0.3) is 11.5 Å². The lowest BCUT2D eigenvalue weighted by Crippen LogP contribution is -2.06. The third-order valence-electron chi connectivity index (χ3n) is 2.42. The summed E-state index contributed by atoms with van der Waals surface area (Å²) in [4.78, 5) is 18.9. The predicted octanol–water partition coefficient (Wildman–Crippen LogP) is 1.30. The van der Waals surface area contributed by atoms with Crippen LogP contribution in [0.15, 0.2) is 12.3 Å². The van der Waals surface area contributed by atoms with Gasteiger partial charge >= 0.3 is 5.97 Å². The average molecular weight is 234 g/mol. The molecule has 0 fully saturated rings. The number of rotatable bonds is 3. The van der Waals surface area contributed by atoms with Crippen LogP contribution < -0.4 is 0 Å². The zero-order valence-corrected chi connectivity index (χ0v) is 10.0. The molecular formula is C11H14N4O2. The molecule has 0 amide bonds. The van der Waals surface area contributed by atoms with Gasteiger partial charge in [0.05, 0.1) is 6.61 Å². The van der Waals surface area contributed by atoms with Crippen LogP contribution in [-0.4, -0.2) is 32.3 Å². The van der Waals surface area contributed by atoms with Crippen LogP contribution in [0, 0.1) is 6.92 Å². The smallest absolute Gasteiger partial charge is 0.358 e. The Bertz CT molecular complexity index is 541. The van der Waals surface area contributed by atoms with Gasteiger partial charge < -0.3 is 9.72 Å². The second-order valence-corrected chi connectivity index (χ2v) is 3.62. The molecule has 2 rings (SSSR count). The zero-order chi connectivity index (χ0) is 12.4. The minimum Gasteiger partial charge on any atom is -0.461 e. The van der Waals surface area contributed by atoms with Crippen molar-refractivity contribution in [1.29, 1.82) is 0 Å². The van der Waals surface area contributed by atoms with Crippen molar-refractivity contribution in [2.75, 3.05) is 6.61 Å². The van der Waals surface area contributed by atoms with E-state index in [1.807, 2.05) is 13.1 Å². The highest BCUT2D eigenvalue weighted by molar-refractivity contribution is 5.89.